The smallest absolute Gasteiger partial charge is 0.336 e. The number of Topliss-reactive ketones (excluding diaryl/α,β-unsaturated/α-hetero) is 1. The Morgan fingerprint density at radius 3 is 2.65 bits per heavy atom. The quantitative estimate of drug-likeness (QED) is 0.529. The Morgan fingerprint density at radius 1 is 1.45 bits per heavy atom. The minimum absolute atomic E-state index is 0.0481. The van der Waals surface area contributed by atoms with Crippen molar-refractivity contribution >= 4 is 16.8 Å². The first-order valence-corrected chi connectivity index (χ1v) is 6.30. The maximum Gasteiger partial charge on any atom is 0.336 e. The highest BCUT2D eigenvalue weighted by molar-refractivity contribution is 6.08. The molecule has 20 heavy (non-hydrogen) atoms. The second kappa shape index (κ2) is 4.96. The zero-order valence-corrected chi connectivity index (χ0v) is 11.7. The van der Waals surface area contributed by atoms with Gasteiger partial charge in [0.15, 0.2) is 11.4 Å². The predicted molar refractivity (Wildman–Crippen MR) is 77.5 cm³/mol. The molecule has 104 valence electrons. The summed E-state index contributed by atoms with van der Waals surface area (Å²) in [5, 5.41) is 11.0. The molecule has 4 nitrogen and oxygen atoms in total. The van der Waals surface area contributed by atoms with Crippen LogP contribution in [0.15, 0.2) is 34.0 Å². The van der Waals surface area contributed by atoms with Crippen LogP contribution < -0.4 is 5.63 Å². The first-order valence-electron chi connectivity index (χ1n) is 6.30. The molecule has 0 bridgehead atoms. The summed E-state index contributed by atoms with van der Waals surface area (Å²) in [6.07, 6.45) is 1.68. The first-order chi connectivity index (χ1) is 9.36. The van der Waals surface area contributed by atoms with Crippen LogP contribution in [0, 0.1) is 6.92 Å². The molecule has 1 unspecified atom stereocenters. The van der Waals surface area contributed by atoms with E-state index in [1.165, 1.54) is 13.0 Å². The number of phenolic OH excluding ortho intramolecular Hbond substituents is 1. The number of benzene rings is 1. The van der Waals surface area contributed by atoms with Crippen LogP contribution in [0.3, 0.4) is 0 Å². The van der Waals surface area contributed by atoms with Crippen LogP contribution in [0.5, 0.6) is 5.75 Å². The number of ketones is 1. The lowest BCUT2D eigenvalue weighted by Gasteiger charge is -2.14. The van der Waals surface area contributed by atoms with Crippen LogP contribution >= 0.6 is 0 Å². The maximum absolute atomic E-state index is 11.8. The maximum atomic E-state index is 11.8. The lowest BCUT2D eigenvalue weighted by molar-refractivity contribution is 0.101. The number of carbonyl (C=O) groups excluding carboxylic acids is 1. The van der Waals surface area contributed by atoms with Crippen LogP contribution in [0.2, 0.25) is 0 Å². The van der Waals surface area contributed by atoms with Crippen molar-refractivity contribution in [2.75, 3.05) is 0 Å². The molecule has 1 aromatic carbocycles. The number of allylic oxidation sites excluding steroid dienone is 1. The predicted octanol–water partition coefficient (Wildman–Crippen LogP) is 3.30. The molecule has 0 radical (unpaired) electrons. The van der Waals surface area contributed by atoms with Gasteiger partial charge in [-0.15, -0.1) is 6.58 Å². The molecule has 0 spiro atoms. The normalized spacial score (nSPS) is 12.3. The highest BCUT2D eigenvalue weighted by atomic mass is 16.4. The fraction of sp³-hybridized carbons (Fsp3) is 0.250. The molecular weight excluding hydrogens is 256 g/mol. The van der Waals surface area contributed by atoms with Gasteiger partial charge < -0.3 is 9.52 Å². The Hall–Kier alpha value is -2.36. The zero-order chi connectivity index (χ0) is 15.0. The van der Waals surface area contributed by atoms with Gasteiger partial charge in [0.25, 0.3) is 0 Å². The van der Waals surface area contributed by atoms with Crippen molar-refractivity contribution in [3.63, 3.8) is 0 Å². The lowest BCUT2D eigenvalue weighted by Crippen LogP contribution is -2.05. The van der Waals surface area contributed by atoms with E-state index in [9.17, 15) is 14.7 Å². The molecule has 4 heteroatoms. The third-order valence-electron chi connectivity index (χ3n) is 3.44. The van der Waals surface area contributed by atoms with Crippen molar-refractivity contribution in [1.82, 2.24) is 0 Å². The van der Waals surface area contributed by atoms with E-state index < -0.39 is 5.63 Å². The first kappa shape index (κ1) is 14.1. The fourth-order valence-corrected chi connectivity index (χ4v) is 2.26. The van der Waals surface area contributed by atoms with Crippen LogP contribution in [-0.2, 0) is 0 Å². The molecule has 0 aliphatic carbocycles. The molecule has 1 aromatic heterocycles. The number of aryl methyl sites for hydroxylation is 1. The Kier molecular flexibility index (Phi) is 3.49. The average molecular weight is 272 g/mol. The Bertz CT molecular complexity index is 768. The fourth-order valence-electron chi connectivity index (χ4n) is 2.26. The van der Waals surface area contributed by atoms with Gasteiger partial charge in [-0.25, -0.2) is 4.79 Å². The van der Waals surface area contributed by atoms with E-state index in [2.05, 4.69) is 6.58 Å². The summed E-state index contributed by atoms with van der Waals surface area (Å²) in [6.45, 7) is 8.67. The average Bonchev–Trinajstić information content (AvgIpc) is 2.36. The van der Waals surface area contributed by atoms with Crippen LogP contribution in [0.25, 0.3) is 11.0 Å². The van der Waals surface area contributed by atoms with E-state index in [0.717, 1.165) is 0 Å². The molecule has 0 fully saturated rings. The van der Waals surface area contributed by atoms with Crippen molar-refractivity contribution in [3.8, 4) is 5.75 Å². The number of rotatable bonds is 3. The molecule has 0 saturated carbocycles. The Balaban J connectivity index is 3.02. The van der Waals surface area contributed by atoms with Gasteiger partial charge in [0.2, 0.25) is 0 Å². The Morgan fingerprint density at radius 2 is 2.10 bits per heavy atom. The summed E-state index contributed by atoms with van der Waals surface area (Å²) in [4.78, 5) is 23.3. The topological polar surface area (TPSA) is 67.5 Å². The number of hydrogen-bond donors (Lipinski definition) is 1. The summed E-state index contributed by atoms with van der Waals surface area (Å²) in [5.74, 6) is -0.616. The standard InChI is InChI=1S/C16H16O4/c1-5-8(2)11-7-12-9(3)6-13(18)20-16(12)14(10(4)17)15(11)19/h5-8,19H,1H2,2-4H3. The number of fused-ring (bicyclic) bond motifs is 1. The third-order valence-corrected chi connectivity index (χ3v) is 3.44. The van der Waals surface area contributed by atoms with E-state index >= 15 is 0 Å². The highest BCUT2D eigenvalue weighted by Crippen LogP contribution is 2.36. The van der Waals surface area contributed by atoms with Gasteiger partial charge in [0.05, 0.1) is 0 Å². The van der Waals surface area contributed by atoms with Gasteiger partial charge in [-0.1, -0.05) is 13.0 Å². The van der Waals surface area contributed by atoms with Gasteiger partial charge in [0, 0.05) is 22.9 Å². The van der Waals surface area contributed by atoms with Gasteiger partial charge in [-0.3, -0.25) is 4.79 Å². The van der Waals surface area contributed by atoms with Crippen molar-refractivity contribution < 1.29 is 14.3 Å². The van der Waals surface area contributed by atoms with Crippen molar-refractivity contribution in [3.05, 3.63) is 51.9 Å². The minimum atomic E-state index is -0.540. The van der Waals surface area contributed by atoms with Crippen molar-refractivity contribution in [1.29, 1.82) is 0 Å². The molecule has 0 amide bonds. The van der Waals surface area contributed by atoms with Crippen LogP contribution in [0.1, 0.15) is 41.3 Å². The molecular formula is C16H16O4. The summed E-state index contributed by atoms with van der Waals surface area (Å²) in [5.41, 5.74) is 0.944. The van der Waals surface area contributed by atoms with Crippen LogP contribution in [0.4, 0.5) is 0 Å². The summed E-state index contributed by atoms with van der Waals surface area (Å²) < 4.78 is 5.12. The summed E-state index contributed by atoms with van der Waals surface area (Å²) >= 11 is 0. The minimum Gasteiger partial charge on any atom is -0.507 e. The van der Waals surface area contributed by atoms with Crippen LogP contribution in [-0.4, -0.2) is 10.9 Å². The number of phenols is 1. The monoisotopic (exact) mass is 272 g/mol. The van der Waals surface area contributed by atoms with Gasteiger partial charge in [0.1, 0.15) is 11.3 Å². The molecule has 1 atom stereocenters. The molecule has 0 saturated heterocycles. The number of carbonyl (C=O) groups is 1. The molecule has 2 rings (SSSR count). The Labute approximate surface area is 116 Å². The molecule has 1 heterocycles. The van der Waals surface area contributed by atoms with E-state index in [0.29, 0.717) is 16.5 Å². The van der Waals surface area contributed by atoms with Gasteiger partial charge in [-0.05, 0) is 25.5 Å². The molecule has 1 N–H and O–H groups in total. The molecule has 0 aliphatic rings. The molecule has 2 aromatic rings. The third kappa shape index (κ3) is 2.13. The highest BCUT2D eigenvalue weighted by Gasteiger charge is 2.21. The number of hydrogen-bond acceptors (Lipinski definition) is 4. The van der Waals surface area contributed by atoms with Crippen molar-refractivity contribution in [2.24, 2.45) is 0 Å². The largest absolute Gasteiger partial charge is 0.507 e. The summed E-state index contributed by atoms with van der Waals surface area (Å²) in [6, 6.07) is 3.10. The van der Waals surface area contributed by atoms with E-state index in [1.54, 1.807) is 19.1 Å². The van der Waals surface area contributed by atoms with Crippen molar-refractivity contribution in [2.45, 2.75) is 26.7 Å². The number of aromatic hydroxyl groups is 1. The van der Waals surface area contributed by atoms with E-state index in [-0.39, 0.29) is 28.6 Å². The lowest BCUT2D eigenvalue weighted by atomic mass is 9.93. The SMILES string of the molecule is C=CC(C)c1cc2c(C)cc(=O)oc2c(C(C)=O)c1O. The van der Waals surface area contributed by atoms with E-state index in [4.69, 9.17) is 4.42 Å². The van der Waals surface area contributed by atoms with Gasteiger partial charge in [-0.2, -0.15) is 0 Å². The summed E-state index contributed by atoms with van der Waals surface area (Å²) in [7, 11) is 0. The second-order valence-electron chi connectivity index (χ2n) is 4.90. The second-order valence-corrected chi connectivity index (χ2v) is 4.90. The van der Waals surface area contributed by atoms with E-state index in [1.807, 2.05) is 6.92 Å². The zero-order valence-electron chi connectivity index (χ0n) is 11.7. The molecule has 0 aliphatic heterocycles. The van der Waals surface area contributed by atoms with Gasteiger partial charge >= 0.3 is 5.63 Å².